The van der Waals surface area contributed by atoms with Crippen LogP contribution in [0.1, 0.15) is 23.9 Å². The monoisotopic (exact) mass is 165 g/mol. The van der Waals surface area contributed by atoms with Crippen LogP contribution in [-0.2, 0) is 0 Å². The molecular weight excluding hydrogens is 150 g/mol. The average Bonchev–Trinajstić information content (AvgIpc) is 2.05. The molecule has 1 rings (SSSR count). The number of pyridine rings is 1. The molecule has 1 aromatic rings. The van der Waals surface area contributed by atoms with Crippen LogP contribution in [0.25, 0.3) is 0 Å². The highest BCUT2D eigenvalue weighted by atomic mass is 14.8. The van der Waals surface area contributed by atoms with Crippen molar-refractivity contribution < 1.29 is 0 Å². The second-order valence-electron chi connectivity index (χ2n) is 2.89. The Bertz CT molecular complexity index is 247. The second kappa shape index (κ2) is 4.18. The predicted octanol–water partition coefficient (Wildman–Crippen LogP) is 0.739. The number of hydrogen-bond donors (Lipinski definition) is 2. The second-order valence-corrected chi connectivity index (χ2v) is 2.89. The van der Waals surface area contributed by atoms with Gasteiger partial charge in [0.15, 0.2) is 0 Å². The molecular formula is C9H15N3. The molecule has 0 saturated carbocycles. The maximum atomic E-state index is 5.83. The first kappa shape index (κ1) is 9.16. The minimum atomic E-state index is -0.0186. The van der Waals surface area contributed by atoms with Gasteiger partial charge < -0.3 is 11.5 Å². The minimum absolute atomic E-state index is 0.0186. The Balaban J connectivity index is 2.73. The van der Waals surface area contributed by atoms with Gasteiger partial charge in [-0.3, -0.25) is 4.98 Å². The van der Waals surface area contributed by atoms with Crippen LogP contribution >= 0.6 is 0 Å². The van der Waals surface area contributed by atoms with Gasteiger partial charge in [-0.1, -0.05) is 6.07 Å². The lowest BCUT2D eigenvalue weighted by atomic mass is 10.1. The quantitative estimate of drug-likeness (QED) is 0.694. The fourth-order valence-electron chi connectivity index (χ4n) is 1.10. The summed E-state index contributed by atoms with van der Waals surface area (Å²) in [5.41, 5.74) is 13.2. The molecule has 3 heteroatoms. The van der Waals surface area contributed by atoms with E-state index in [-0.39, 0.29) is 6.04 Å². The smallest absolute Gasteiger partial charge is 0.0574 e. The van der Waals surface area contributed by atoms with E-state index in [9.17, 15) is 0 Å². The predicted molar refractivity (Wildman–Crippen MR) is 49.6 cm³/mol. The zero-order valence-corrected chi connectivity index (χ0v) is 7.33. The number of aromatic nitrogens is 1. The molecule has 0 unspecified atom stereocenters. The van der Waals surface area contributed by atoms with Crippen LogP contribution in [0.5, 0.6) is 0 Å². The number of aryl methyl sites for hydroxylation is 1. The van der Waals surface area contributed by atoms with Crippen molar-refractivity contribution in [3.05, 3.63) is 29.6 Å². The van der Waals surface area contributed by atoms with Crippen LogP contribution in [0.15, 0.2) is 18.2 Å². The SMILES string of the molecule is Cc1cccc([C@@H](N)CCN)n1. The molecule has 66 valence electrons. The Morgan fingerprint density at radius 1 is 1.50 bits per heavy atom. The summed E-state index contributed by atoms with van der Waals surface area (Å²) in [6, 6.07) is 5.84. The van der Waals surface area contributed by atoms with Gasteiger partial charge in [0.25, 0.3) is 0 Å². The third-order valence-electron chi connectivity index (χ3n) is 1.77. The molecule has 12 heavy (non-hydrogen) atoms. The molecule has 0 spiro atoms. The van der Waals surface area contributed by atoms with Gasteiger partial charge in [-0.25, -0.2) is 0 Å². The van der Waals surface area contributed by atoms with E-state index in [1.807, 2.05) is 25.1 Å². The zero-order chi connectivity index (χ0) is 8.97. The van der Waals surface area contributed by atoms with Crippen molar-refractivity contribution in [3.63, 3.8) is 0 Å². The molecule has 0 aliphatic heterocycles. The standard InChI is InChI=1S/C9H15N3/c1-7-3-2-4-9(12-7)8(11)5-6-10/h2-4,8H,5-6,10-11H2,1H3/t8-/m0/s1. The number of rotatable bonds is 3. The van der Waals surface area contributed by atoms with Crippen LogP contribution < -0.4 is 11.5 Å². The summed E-state index contributed by atoms with van der Waals surface area (Å²) in [5.74, 6) is 0. The van der Waals surface area contributed by atoms with Crippen LogP contribution in [0, 0.1) is 6.92 Å². The molecule has 0 aliphatic rings. The molecule has 0 radical (unpaired) electrons. The van der Waals surface area contributed by atoms with Crippen LogP contribution in [0.3, 0.4) is 0 Å². The molecule has 0 aromatic carbocycles. The molecule has 1 aromatic heterocycles. The summed E-state index contributed by atoms with van der Waals surface area (Å²) in [7, 11) is 0. The van der Waals surface area contributed by atoms with E-state index in [0.717, 1.165) is 17.8 Å². The first-order valence-corrected chi connectivity index (χ1v) is 4.13. The van der Waals surface area contributed by atoms with Gasteiger partial charge in [-0.15, -0.1) is 0 Å². The fourth-order valence-corrected chi connectivity index (χ4v) is 1.10. The van der Waals surface area contributed by atoms with Gasteiger partial charge in [-0.2, -0.15) is 0 Å². The van der Waals surface area contributed by atoms with Crippen molar-refractivity contribution in [2.75, 3.05) is 6.54 Å². The van der Waals surface area contributed by atoms with Crippen LogP contribution in [0.4, 0.5) is 0 Å². The zero-order valence-electron chi connectivity index (χ0n) is 7.33. The topological polar surface area (TPSA) is 64.9 Å². The van der Waals surface area contributed by atoms with Gasteiger partial charge in [0.2, 0.25) is 0 Å². The van der Waals surface area contributed by atoms with E-state index in [2.05, 4.69) is 4.98 Å². The van der Waals surface area contributed by atoms with E-state index in [0.29, 0.717) is 6.54 Å². The van der Waals surface area contributed by atoms with Crippen molar-refractivity contribution in [1.29, 1.82) is 0 Å². The average molecular weight is 165 g/mol. The summed E-state index contributed by atoms with van der Waals surface area (Å²) in [6.45, 7) is 2.56. The van der Waals surface area contributed by atoms with Crippen molar-refractivity contribution in [3.8, 4) is 0 Å². The van der Waals surface area contributed by atoms with Crippen molar-refractivity contribution in [2.24, 2.45) is 11.5 Å². The Kier molecular flexibility index (Phi) is 3.19. The Morgan fingerprint density at radius 3 is 2.83 bits per heavy atom. The highest BCUT2D eigenvalue weighted by Gasteiger charge is 2.05. The van der Waals surface area contributed by atoms with Crippen LogP contribution in [0.2, 0.25) is 0 Å². The van der Waals surface area contributed by atoms with E-state index in [1.165, 1.54) is 0 Å². The Morgan fingerprint density at radius 2 is 2.25 bits per heavy atom. The number of hydrogen-bond acceptors (Lipinski definition) is 3. The third-order valence-corrected chi connectivity index (χ3v) is 1.77. The third kappa shape index (κ3) is 2.29. The first-order valence-electron chi connectivity index (χ1n) is 4.13. The van der Waals surface area contributed by atoms with Crippen molar-refractivity contribution in [2.45, 2.75) is 19.4 Å². The summed E-state index contributed by atoms with van der Waals surface area (Å²) in [5, 5.41) is 0. The molecule has 0 saturated heterocycles. The van der Waals surface area contributed by atoms with Gasteiger partial charge >= 0.3 is 0 Å². The van der Waals surface area contributed by atoms with Crippen molar-refractivity contribution >= 4 is 0 Å². The Hall–Kier alpha value is -0.930. The molecule has 0 amide bonds. The highest BCUT2D eigenvalue weighted by molar-refractivity contribution is 5.12. The van der Waals surface area contributed by atoms with E-state index < -0.39 is 0 Å². The number of nitrogens with zero attached hydrogens (tertiary/aromatic N) is 1. The molecule has 0 aliphatic carbocycles. The van der Waals surface area contributed by atoms with E-state index in [4.69, 9.17) is 11.5 Å². The normalized spacial score (nSPS) is 12.9. The fraction of sp³-hybridized carbons (Fsp3) is 0.444. The Labute approximate surface area is 72.8 Å². The van der Waals surface area contributed by atoms with Crippen LogP contribution in [-0.4, -0.2) is 11.5 Å². The lowest BCUT2D eigenvalue weighted by Gasteiger charge is -2.09. The minimum Gasteiger partial charge on any atom is -0.330 e. The summed E-state index contributed by atoms with van der Waals surface area (Å²) in [6.07, 6.45) is 0.788. The highest BCUT2D eigenvalue weighted by Crippen LogP contribution is 2.10. The van der Waals surface area contributed by atoms with E-state index >= 15 is 0 Å². The number of nitrogens with two attached hydrogens (primary N) is 2. The molecule has 0 fully saturated rings. The summed E-state index contributed by atoms with van der Waals surface area (Å²) >= 11 is 0. The van der Waals surface area contributed by atoms with Crippen molar-refractivity contribution in [1.82, 2.24) is 4.98 Å². The molecule has 0 bridgehead atoms. The largest absolute Gasteiger partial charge is 0.330 e. The molecule has 1 heterocycles. The molecule has 4 N–H and O–H groups in total. The maximum Gasteiger partial charge on any atom is 0.0574 e. The maximum absolute atomic E-state index is 5.83. The van der Waals surface area contributed by atoms with Gasteiger partial charge in [0.1, 0.15) is 0 Å². The van der Waals surface area contributed by atoms with Gasteiger partial charge in [0, 0.05) is 11.7 Å². The lowest BCUT2D eigenvalue weighted by molar-refractivity contribution is 0.641. The summed E-state index contributed by atoms with van der Waals surface area (Å²) < 4.78 is 0. The summed E-state index contributed by atoms with van der Waals surface area (Å²) in [4.78, 5) is 4.31. The lowest BCUT2D eigenvalue weighted by Crippen LogP contribution is -2.16. The van der Waals surface area contributed by atoms with Gasteiger partial charge in [0.05, 0.1) is 5.69 Å². The van der Waals surface area contributed by atoms with E-state index in [1.54, 1.807) is 0 Å². The van der Waals surface area contributed by atoms with Gasteiger partial charge in [-0.05, 0) is 32.0 Å². The first-order chi connectivity index (χ1) is 5.74. The molecule has 1 atom stereocenters. The molecule has 3 nitrogen and oxygen atoms in total.